The summed E-state index contributed by atoms with van der Waals surface area (Å²) < 4.78 is 32.0. The van der Waals surface area contributed by atoms with Crippen molar-refractivity contribution in [1.82, 2.24) is 10.0 Å². The average Bonchev–Trinajstić information content (AvgIpc) is 2.71. The Morgan fingerprint density at radius 1 is 1.19 bits per heavy atom. The van der Waals surface area contributed by atoms with E-state index in [4.69, 9.17) is 4.74 Å². The van der Waals surface area contributed by atoms with Crippen LogP contribution in [0.25, 0.3) is 0 Å². The summed E-state index contributed by atoms with van der Waals surface area (Å²) in [6, 6.07) is 10.8. The monoisotopic (exact) mass is 467 g/mol. The van der Waals surface area contributed by atoms with E-state index in [2.05, 4.69) is 10.0 Å². The van der Waals surface area contributed by atoms with Crippen LogP contribution in [-0.2, 0) is 27.1 Å². The van der Waals surface area contributed by atoms with E-state index < -0.39 is 14.9 Å². The number of nitro benzene ring substituents is 1. The lowest BCUT2D eigenvalue weighted by Gasteiger charge is -2.11. The van der Waals surface area contributed by atoms with E-state index in [1.54, 1.807) is 32.0 Å². The fourth-order valence-electron chi connectivity index (χ4n) is 2.68. The van der Waals surface area contributed by atoms with Crippen LogP contribution in [0.5, 0.6) is 5.75 Å². The second-order valence-corrected chi connectivity index (χ2v) is 9.66. The number of sulfonamides is 1. The number of hydrogen-bond donors (Lipinski definition) is 2. The number of amides is 1. The van der Waals surface area contributed by atoms with E-state index in [0.717, 1.165) is 0 Å². The van der Waals surface area contributed by atoms with Gasteiger partial charge in [-0.25, -0.2) is 13.1 Å². The Bertz CT molecular complexity index is 1040. The van der Waals surface area contributed by atoms with Gasteiger partial charge in [0.1, 0.15) is 0 Å². The first-order valence-corrected chi connectivity index (χ1v) is 12.0. The summed E-state index contributed by atoms with van der Waals surface area (Å²) in [6.45, 7) is 3.67. The highest BCUT2D eigenvalue weighted by Gasteiger charge is 2.16. The summed E-state index contributed by atoms with van der Waals surface area (Å²) in [5, 5.41) is 13.8. The molecule has 0 atom stereocenters. The molecule has 0 saturated carbocycles. The van der Waals surface area contributed by atoms with E-state index >= 15 is 0 Å². The number of methoxy groups -OCH3 is 1. The number of nitrogens with one attached hydrogen (secondary N) is 2. The van der Waals surface area contributed by atoms with Gasteiger partial charge < -0.3 is 10.1 Å². The number of ether oxygens (including phenoxy) is 1. The first-order valence-electron chi connectivity index (χ1n) is 9.39. The van der Waals surface area contributed by atoms with Crippen molar-refractivity contribution in [2.45, 2.75) is 37.1 Å². The summed E-state index contributed by atoms with van der Waals surface area (Å²) in [5.41, 5.74) is 1.25. The van der Waals surface area contributed by atoms with Crippen LogP contribution in [0.2, 0.25) is 0 Å². The van der Waals surface area contributed by atoms with E-state index in [1.807, 2.05) is 0 Å². The Labute approximate surface area is 185 Å². The molecule has 0 radical (unpaired) electrons. The van der Waals surface area contributed by atoms with Crippen LogP contribution in [0.3, 0.4) is 0 Å². The molecule has 1 amide bonds. The molecule has 2 rings (SSSR count). The van der Waals surface area contributed by atoms with Crippen molar-refractivity contribution in [3.63, 3.8) is 0 Å². The molecular formula is C20H25N3O6S2. The molecule has 0 spiro atoms. The lowest BCUT2D eigenvalue weighted by Crippen LogP contribution is -2.30. The zero-order chi connectivity index (χ0) is 23.0. The number of hydrogen-bond acceptors (Lipinski definition) is 7. The molecule has 168 valence electrons. The van der Waals surface area contributed by atoms with Gasteiger partial charge in [-0.2, -0.15) is 0 Å². The summed E-state index contributed by atoms with van der Waals surface area (Å²) in [4.78, 5) is 22.8. The maximum absolute atomic E-state index is 12.3. The van der Waals surface area contributed by atoms with Crippen LogP contribution in [0.4, 0.5) is 5.69 Å². The number of carbonyl (C=O) groups excluding carboxylic acids is 1. The molecule has 0 bridgehead atoms. The standard InChI is InChI=1S/C20H25N3O6S2/c1-14(2)22-31(27,28)17-6-4-5-15(9-17)11-21-20(24)13-30-12-16-7-8-19(29-3)18(10-16)23(25)26/h4-10,14,22H,11-13H2,1-3H3,(H,21,24). The zero-order valence-corrected chi connectivity index (χ0v) is 19.1. The first kappa shape index (κ1) is 24.6. The SMILES string of the molecule is COc1ccc(CSCC(=O)NCc2cccc(S(=O)(=O)NC(C)C)c2)cc1[N+](=O)[O-]. The van der Waals surface area contributed by atoms with Gasteiger partial charge in [-0.05, 0) is 43.2 Å². The fraction of sp³-hybridized carbons (Fsp3) is 0.350. The van der Waals surface area contributed by atoms with Crippen LogP contribution in [-0.4, -0.2) is 38.2 Å². The van der Waals surface area contributed by atoms with Gasteiger partial charge in [0.15, 0.2) is 5.75 Å². The summed E-state index contributed by atoms with van der Waals surface area (Å²) >= 11 is 1.32. The van der Waals surface area contributed by atoms with Crippen LogP contribution < -0.4 is 14.8 Å². The Balaban J connectivity index is 1.87. The molecule has 0 heterocycles. The number of nitrogens with zero attached hydrogens (tertiary/aromatic N) is 1. The van der Waals surface area contributed by atoms with Crippen LogP contribution in [0.1, 0.15) is 25.0 Å². The lowest BCUT2D eigenvalue weighted by atomic mass is 10.2. The maximum atomic E-state index is 12.3. The lowest BCUT2D eigenvalue weighted by molar-refractivity contribution is -0.385. The predicted molar refractivity (Wildman–Crippen MR) is 120 cm³/mol. The Hall–Kier alpha value is -2.63. The predicted octanol–water partition coefficient (Wildman–Crippen LogP) is 2.84. The zero-order valence-electron chi connectivity index (χ0n) is 17.5. The second-order valence-electron chi connectivity index (χ2n) is 6.96. The molecule has 11 heteroatoms. The molecule has 0 saturated heterocycles. The largest absolute Gasteiger partial charge is 0.490 e. The van der Waals surface area contributed by atoms with Crippen molar-refractivity contribution in [1.29, 1.82) is 0 Å². The maximum Gasteiger partial charge on any atom is 0.311 e. The summed E-state index contributed by atoms with van der Waals surface area (Å²) in [7, 11) is -2.24. The normalized spacial score (nSPS) is 11.4. The molecule has 9 nitrogen and oxygen atoms in total. The average molecular weight is 468 g/mol. The molecule has 0 aromatic heterocycles. The third-order valence-corrected chi connectivity index (χ3v) is 6.69. The van der Waals surface area contributed by atoms with Crippen molar-refractivity contribution >= 4 is 33.4 Å². The third-order valence-electron chi connectivity index (χ3n) is 4.03. The Morgan fingerprint density at radius 2 is 1.94 bits per heavy atom. The van der Waals surface area contributed by atoms with Gasteiger partial charge in [-0.1, -0.05) is 18.2 Å². The minimum atomic E-state index is -3.60. The molecule has 0 aliphatic rings. The highest BCUT2D eigenvalue weighted by molar-refractivity contribution is 7.99. The minimum Gasteiger partial charge on any atom is -0.490 e. The van der Waals surface area contributed by atoms with Gasteiger partial charge in [0.05, 0.1) is 22.7 Å². The summed E-state index contributed by atoms with van der Waals surface area (Å²) in [5.74, 6) is 0.547. The van der Waals surface area contributed by atoms with Crippen LogP contribution in [0, 0.1) is 10.1 Å². The van der Waals surface area contributed by atoms with Crippen molar-refractivity contribution in [3.8, 4) is 5.75 Å². The number of thioether (sulfide) groups is 1. The Kier molecular flexibility index (Phi) is 8.84. The molecule has 0 unspecified atom stereocenters. The third kappa shape index (κ3) is 7.53. The van der Waals surface area contributed by atoms with Gasteiger partial charge in [0.25, 0.3) is 0 Å². The van der Waals surface area contributed by atoms with Crippen LogP contribution >= 0.6 is 11.8 Å². The van der Waals surface area contributed by atoms with Crippen molar-refractivity contribution < 1.29 is 22.9 Å². The smallest absolute Gasteiger partial charge is 0.311 e. The second kappa shape index (κ2) is 11.1. The molecule has 0 fully saturated rings. The van der Waals surface area contributed by atoms with Gasteiger partial charge in [0.2, 0.25) is 15.9 Å². The van der Waals surface area contributed by atoms with E-state index in [0.29, 0.717) is 16.9 Å². The van der Waals surface area contributed by atoms with E-state index in [-0.39, 0.29) is 40.6 Å². The number of nitro groups is 1. The highest BCUT2D eigenvalue weighted by Crippen LogP contribution is 2.28. The molecule has 31 heavy (non-hydrogen) atoms. The molecule has 0 aliphatic carbocycles. The first-order chi connectivity index (χ1) is 14.6. The molecular weight excluding hydrogens is 442 g/mol. The minimum absolute atomic E-state index is 0.119. The van der Waals surface area contributed by atoms with Crippen molar-refractivity contribution in [3.05, 3.63) is 63.7 Å². The fourth-order valence-corrected chi connectivity index (χ4v) is 4.81. The van der Waals surface area contributed by atoms with E-state index in [1.165, 1.54) is 43.1 Å². The van der Waals surface area contributed by atoms with Gasteiger partial charge in [-0.15, -0.1) is 11.8 Å². The van der Waals surface area contributed by atoms with Crippen molar-refractivity contribution in [2.75, 3.05) is 12.9 Å². The van der Waals surface area contributed by atoms with Gasteiger partial charge >= 0.3 is 5.69 Å². The highest BCUT2D eigenvalue weighted by atomic mass is 32.2. The van der Waals surface area contributed by atoms with Crippen molar-refractivity contribution in [2.24, 2.45) is 0 Å². The van der Waals surface area contributed by atoms with Gasteiger partial charge in [-0.3, -0.25) is 14.9 Å². The molecule has 2 aromatic carbocycles. The topological polar surface area (TPSA) is 128 Å². The quantitative estimate of drug-likeness (QED) is 0.384. The Morgan fingerprint density at radius 3 is 2.58 bits per heavy atom. The summed E-state index contributed by atoms with van der Waals surface area (Å²) in [6.07, 6.45) is 0. The van der Waals surface area contributed by atoms with E-state index in [9.17, 15) is 23.3 Å². The number of carbonyl (C=O) groups is 1. The van der Waals surface area contributed by atoms with Gasteiger partial charge in [0, 0.05) is 24.4 Å². The van der Waals surface area contributed by atoms with Crippen LogP contribution in [0.15, 0.2) is 47.4 Å². The number of rotatable bonds is 11. The number of benzene rings is 2. The molecule has 2 N–H and O–H groups in total. The molecule has 2 aromatic rings. The molecule has 0 aliphatic heterocycles.